The lowest BCUT2D eigenvalue weighted by Gasteiger charge is -2.12. The second-order valence-electron chi connectivity index (χ2n) is 3.85. The maximum absolute atomic E-state index is 13.4. The molecular weight excluding hydrogens is 256 g/mol. The van der Waals surface area contributed by atoms with Gasteiger partial charge in [-0.05, 0) is 18.6 Å². The summed E-state index contributed by atoms with van der Waals surface area (Å²) in [6.07, 6.45) is 4.73. The Morgan fingerprint density at radius 3 is 2.58 bits per heavy atom. The van der Waals surface area contributed by atoms with E-state index in [2.05, 4.69) is 11.2 Å². The third-order valence-electron chi connectivity index (χ3n) is 2.42. The van der Waals surface area contributed by atoms with Crippen LogP contribution in [0.1, 0.15) is 22.3 Å². The van der Waals surface area contributed by atoms with Gasteiger partial charge >= 0.3 is 5.97 Å². The van der Waals surface area contributed by atoms with Crippen molar-refractivity contribution in [2.24, 2.45) is 0 Å². The number of carbonyl (C=O) groups is 2. The Morgan fingerprint density at radius 2 is 2.05 bits per heavy atom. The topological polar surface area (TPSA) is 66.4 Å². The Kier molecular flexibility index (Phi) is 4.59. The summed E-state index contributed by atoms with van der Waals surface area (Å²) in [6, 6.07) is 0.262. The van der Waals surface area contributed by atoms with Crippen molar-refractivity contribution in [3.8, 4) is 12.3 Å². The fourth-order valence-electron chi connectivity index (χ4n) is 1.39. The van der Waals surface area contributed by atoms with Crippen LogP contribution in [0.25, 0.3) is 0 Å². The molecule has 19 heavy (non-hydrogen) atoms. The van der Waals surface area contributed by atoms with Gasteiger partial charge < -0.3 is 10.4 Å². The molecule has 1 atom stereocenters. The van der Waals surface area contributed by atoms with Gasteiger partial charge in [0.15, 0.2) is 0 Å². The highest BCUT2D eigenvalue weighted by molar-refractivity contribution is 5.97. The van der Waals surface area contributed by atoms with E-state index in [1.807, 2.05) is 0 Å². The number of amides is 1. The van der Waals surface area contributed by atoms with Crippen LogP contribution in [0.5, 0.6) is 0 Å². The molecule has 0 spiro atoms. The quantitative estimate of drug-likeness (QED) is 0.812. The number of carboxylic acids is 1. The largest absolute Gasteiger partial charge is 0.480 e. The molecule has 0 aromatic heterocycles. The number of terminal acetylenes is 1. The van der Waals surface area contributed by atoms with Gasteiger partial charge in [0.25, 0.3) is 5.91 Å². The minimum atomic E-state index is -1.33. The van der Waals surface area contributed by atoms with Crippen molar-refractivity contribution in [2.45, 2.75) is 19.4 Å². The molecule has 1 rings (SSSR count). The SMILES string of the molecule is C#CCC(NC(=O)c1cc(C)c(F)cc1F)C(=O)O. The fraction of sp³-hybridized carbons (Fsp3) is 0.231. The first-order valence-electron chi connectivity index (χ1n) is 5.29. The van der Waals surface area contributed by atoms with Crippen molar-refractivity contribution in [3.05, 3.63) is 34.9 Å². The maximum Gasteiger partial charge on any atom is 0.327 e. The molecule has 0 saturated carbocycles. The van der Waals surface area contributed by atoms with Crippen molar-refractivity contribution in [3.63, 3.8) is 0 Å². The summed E-state index contributed by atoms with van der Waals surface area (Å²) in [7, 11) is 0. The standard InChI is InChI=1S/C13H11F2NO3/c1-3-4-11(13(18)19)16-12(17)8-5-7(2)9(14)6-10(8)15/h1,5-6,11H,4H2,2H3,(H,16,17)(H,18,19). The first-order chi connectivity index (χ1) is 8.86. The highest BCUT2D eigenvalue weighted by Crippen LogP contribution is 2.14. The van der Waals surface area contributed by atoms with E-state index < -0.39 is 35.1 Å². The molecule has 0 bridgehead atoms. The number of nitrogens with one attached hydrogen (secondary N) is 1. The maximum atomic E-state index is 13.4. The Morgan fingerprint density at radius 1 is 1.42 bits per heavy atom. The summed E-state index contributed by atoms with van der Waals surface area (Å²) in [5, 5.41) is 10.9. The number of halogens is 2. The summed E-state index contributed by atoms with van der Waals surface area (Å²) >= 11 is 0. The number of hydrogen-bond donors (Lipinski definition) is 2. The number of benzene rings is 1. The minimum absolute atomic E-state index is 0.0791. The molecule has 1 aromatic rings. The predicted molar refractivity (Wildman–Crippen MR) is 63.4 cm³/mol. The Bertz CT molecular complexity index is 564. The molecule has 1 aromatic carbocycles. The van der Waals surface area contributed by atoms with Gasteiger partial charge in [-0.2, -0.15) is 0 Å². The number of rotatable bonds is 4. The number of aryl methyl sites for hydroxylation is 1. The lowest BCUT2D eigenvalue weighted by molar-refractivity contribution is -0.139. The number of carbonyl (C=O) groups excluding carboxylic acids is 1. The number of carboxylic acid groups (broad SMARTS) is 1. The highest BCUT2D eigenvalue weighted by atomic mass is 19.1. The van der Waals surface area contributed by atoms with E-state index in [9.17, 15) is 18.4 Å². The van der Waals surface area contributed by atoms with Crippen LogP contribution in [-0.4, -0.2) is 23.0 Å². The van der Waals surface area contributed by atoms with Gasteiger partial charge in [0.05, 0.1) is 5.56 Å². The molecule has 0 radical (unpaired) electrons. The molecule has 0 aliphatic carbocycles. The van der Waals surface area contributed by atoms with E-state index in [0.29, 0.717) is 6.07 Å². The van der Waals surface area contributed by atoms with Gasteiger partial charge in [-0.25, -0.2) is 13.6 Å². The molecule has 2 N–H and O–H groups in total. The van der Waals surface area contributed by atoms with Crippen molar-refractivity contribution in [1.29, 1.82) is 0 Å². The van der Waals surface area contributed by atoms with Gasteiger partial charge in [0.2, 0.25) is 0 Å². The van der Waals surface area contributed by atoms with Gasteiger partial charge in [0, 0.05) is 12.5 Å². The summed E-state index contributed by atoms with van der Waals surface area (Å²) < 4.78 is 26.5. The van der Waals surface area contributed by atoms with Crippen LogP contribution in [0.4, 0.5) is 8.78 Å². The van der Waals surface area contributed by atoms with E-state index in [0.717, 1.165) is 6.07 Å². The van der Waals surface area contributed by atoms with E-state index in [1.54, 1.807) is 0 Å². The summed E-state index contributed by atoms with van der Waals surface area (Å²) in [5.74, 6) is -2.04. The molecule has 0 aliphatic heterocycles. The lowest BCUT2D eigenvalue weighted by atomic mass is 10.1. The molecule has 0 fully saturated rings. The first kappa shape index (κ1) is 14.6. The third-order valence-corrected chi connectivity index (χ3v) is 2.42. The molecule has 0 heterocycles. The van der Waals surface area contributed by atoms with Crippen molar-refractivity contribution in [2.75, 3.05) is 0 Å². The van der Waals surface area contributed by atoms with Crippen LogP contribution in [0.15, 0.2) is 12.1 Å². The van der Waals surface area contributed by atoms with E-state index in [-0.39, 0.29) is 12.0 Å². The zero-order valence-corrected chi connectivity index (χ0v) is 10.0. The second-order valence-corrected chi connectivity index (χ2v) is 3.85. The predicted octanol–water partition coefficient (Wildman–Crippen LogP) is 1.48. The number of aliphatic carboxylic acids is 1. The van der Waals surface area contributed by atoms with Crippen molar-refractivity contribution < 1.29 is 23.5 Å². The Labute approximate surface area is 108 Å². The van der Waals surface area contributed by atoms with Crippen LogP contribution in [0.3, 0.4) is 0 Å². The molecule has 1 amide bonds. The fourth-order valence-corrected chi connectivity index (χ4v) is 1.39. The van der Waals surface area contributed by atoms with Gasteiger partial charge in [-0.1, -0.05) is 0 Å². The molecule has 0 saturated heterocycles. The monoisotopic (exact) mass is 267 g/mol. The summed E-state index contributed by atoms with van der Waals surface area (Å²) in [4.78, 5) is 22.5. The molecule has 1 unspecified atom stereocenters. The zero-order chi connectivity index (χ0) is 14.6. The average molecular weight is 267 g/mol. The molecular formula is C13H11F2NO3. The molecule has 100 valence electrons. The molecule has 6 heteroatoms. The Balaban J connectivity index is 2.98. The van der Waals surface area contributed by atoms with E-state index in [1.165, 1.54) is 6.92 Å². The number of hydrogen-bond acceptors (Lipinski definition) is 2. The van der Waals surface area contributed by atoms with Crippen LogP contribution >= 0.6 is 0 Å². The van der Waals surface area contributed by atoms with Gasteiger partial charge in [0.1, 0.15) is 17.7 Å². The summed E-state index contributed by atoms with van der Waals surface area (Å²) in [5.41, 5.74) is -0.349. The van der Waals surface area contributed by atoms with Crippen LogP contribution in [0, 0.1) is 30.9 Å². The smallest absolute Gasteiger partial charge is 0.327 e. The normalized spacial score (nSPS) is 11.5. The molecule has 4 nitrogen and oxygen atoms in total. The van der Waals surface area contributed by atoms with Crippen LogP contribution in [-0.2, 0) is 4.79 Å². The second kappa shape index (κ2) is 5.96. The third kappa shape index (κ3) is 3.52. The Hall–Kier alpha value is -2.42. The van der Waals surface area contributed by atoms with Gasteiger partial charge in [-0.15, -0.1) is 12.3 Å². The average Bonchev–Trinajstić information content (AvgIpc) is 2.32. The van der Waals surface area contributed by atoms with E-state index in [4.69, 9.17) is 11.5 Å². The van der Waals surface area contributed by atoms with Gasteiger partial charge in [-0.3, -0.25) is 4.79 Å². The van der Waals surface area contributed by atoms with E-state index >= 15 is 0 Å². The van der Waals surface area contributed by atoms with Crippen molar-refractivity contribution in [1.82, 2.24) is 5.32 Å². The summed E-state index contributed by atoms with van der Waals surface area (Å²) in [6.45, 7) is 1.36. The van der Waals surface area contributed by atoms with Crippen LogP contribution < -0.4 is 5.32 Å². The minimum Gasteiger partial charge on any atom is -0.480 e. The lowest BCUT2D eigenvalue weighted by Crippen LogP contribution is -2.40. The first-order valence-corrected chi connectivity index (χ1v) is 5.29. The highest BCUT2D eigenvalue weighted by Gasteiger charge is 2.22. The zero-order valence-electron chi connectivity index (χ0n) is 10.0. The van der Waals surface area contributed by atoms with Crippen LogP contribution in [0.2, 0.25) is 0 Å². The molecule has 0 aliphatic rings. The van der Waals surface area contributed by atoms with Crippen molar-refractivity contribution >= 4 is 11.9 Å².